The van der Waals surface area contributed by atoms with E-state index in [1.807, 2.05) is 60.7 Å². The number of nitrogens with one attached hydrogen (secondary N) is 2. The number of amides is 1. The van der Waals surface area contributed by atoms with Crippen LogP contribution in [0.2, 0.25) is 0 Å². The highest BCUT2D eigenvalue weighted by Crippen LogP contribution is 2.36. The Kier molecular flexibility index (Phi) is 5.57. The number of aromatic carboxylic acids is 1. The molecule has 0 aliphatic carbocycles. The third kappa shape index (κ3) is 4.20. The summed E-state index contributed by atoms with van der Waals surface area (Å²) in [6.45, 7) is 0. The predicted octanol–water partition coefficient (Wildman–Crippen LogP) is 1.79. The van der Waals surface area contributed by atoms with E-state index < -0.39 is 17.4 Å². The SMILES string of the molecule is O=C(NN=Cc1ccc(C(=O)[O-])cc1)C1=NNC(c2ccccc2)(c2ccccc2)C1. The maximum Gasteiger partial charge on any atom is 0.287 e. The smallest absolute Gasteiger partial charge is 0.287 e. The van der Waals surface area contributed by atoms with Gasteiger partial charge in [-0.15, -0.1) is 0 Å². The summed E-state index contributed by atoms with van der Waals surface area (Å²) >= 11 is 0. The minimum Gasteiger partial charge on any atom is -0.545 e. The second-order valence-electron chi connectivity index (χ2n) is 7.09. The zero-order valence-corrected chi connectivity index (χ0v) is 16.5. The maximum absolute atomic E-state index is 12.6. The zero-order valence-electron chi connectivity index (χ0n) is 16.5. The van der Waals surface area contributed by atoms with Crippen molar-refractivity contribution in [3.05, 3.63) is 107 Å². The molecular weight excluding hydrogens is 392 g/mol. The van der Waals surface area contributed by atoms with E-state index in [2.05, 4.69) is 21.1 Å². The van der Waals surface area contributed by atoms with Gasteiger partial charge in [-0.05, 0) is 22.3 Å². The topological polar surface area (TPSA) is 106 Å². The van der Waals surface area contributed by atoms with Crippen molar-refractivity contribution in [3.63, 3.8) is 0 Å². The Morgan fingerprint density at radius 1 is 0.935 bits per heavy atom. The van der Waals surface area contributed by atoms with Crippen LogP contribution in [0.15, 0.2) is 95.1 Å². The Hall–Kier alpha value is -4.26. The van der Waals surface area contributed by atoms with Crippen LogP contribution in [-0.4, -0.2) is 23.8 Å². The summed E-state index contributed by atoms with van der Waals surface area (Å²) in [4.78, 5) is 23.4. The van der Waals surface area contributed by atoms with Crippen molar-refractivity contribution in [1.29, 1.82) is 0 Å². The first-order chi connectivity index (χ1) is 15.1. The molecule has 0 bridgehead atoms. The number of carbonyl (C=O) groups excluding carboxylic acids is 2. The van der Waals surface area contributed by atoms with E-state index >= 15 is 0 Å². The highest BCUT2D eigenvalue weighted by molar-refractivity contribution is 6.39. The molecule has 0 spiro atoms. The van der Waals surface area contributed by atoms with Crippen LogP contribution in [0.25, 0.3) is 0 Å². The van der Waals surface area contributed by atoms with E-state index in [0.29, 0.717) is 17.7 Å². The third-order valence-electron chi connectivity index (χ3n) is 5.14. The number of carboxylic acids is 1. The van der Waals surface area contributed by atoms with Crippen LogP contribution < -0.4 is 16.0 Å². The molecule has 3 aromatic rings. The minimum atomic E-state index is -1.25. The molecule has 0 saturated carbocycles. The largest absolute Gasteiger partial charge is 0.545 e. The van der Waals surface area contributed by atoms with E-state index in [4.69, 9.17) is 0 Å². The Morgan fingerprint density at radius 3 is 2.06 bits per heavy atom. The molecular formula is C24H19N4O3-. The number of nitrogens with zero attached hydrogens (tertiary/aromatic N) is 2. The van der Waals surface area contributed by atoms with Crippen molar-refractivity contribution in [2.24, 2.45) is 10.2 Å². The average Bonchev–Trinajstić information content (AvgIpc) is 3.27. The highest BCUT2D eigenvalue weighted by atomic mass is 16.4. The summed E-state index contributed by atoms with van der Waals surface area (Å²) in [5, 5.41) is 19.1. The van der Waals surface area contributed by atoms with Crippen LogP contribution >= 0.6 is 0 Å². The van der Waals surface area contributed by atoms with Crippen LogP contribution in [0, 0.1) is 0 Å². The van der Waals surface area contributed by atoms with E-state index in [1.54, 1.807) is 12.1 Å². The predicted molar refractivity (Wildman–Crippen MR) is 115 cm³/mol. The zero-order chi connectivity index (χ0) is 21.7. The van der Waals surface area contributed by atoms with E-state index in [9.17, 15) is 14.7 Å². The molecule has 1 amide bonds. The van der Waals surface area contributed by atoms with Gasteiger partial charge in [0.05, 0.1) is 12.2 Å². The molecule has 2 N–H and O–H groups in total. The molecule has 0 unspecified atom stereocenters. The Labute approximate surface area is 179 Å². The number of hydrogen-bond acceptors (Lipinski definition) is 6. The lowest BCUT2D eigenvalue weighted by Crippen LogP contribution is -2.38. The molecule has 0 saturated heterocycles. The Bertz CT molecular complexity index is 1100. The van der Waals surface area contributed by atoms with Gasteiger partial charge in [0.15, 0.2) is 0 Å². The summed E-state index contributed by atoms with van der Waals surface area (Å²) in [6, 6.07) is 25.7. The van der Waals surface area contributed by atoms with Gasteiger partial charge in [-0.3, -0.25) is 10.2 Å². The fourth-order valence-electron chi connectivity index (χ4n) is 3.50. The molecule has 0 fully saturated rings. The molecule has 4 rings (SSSR count). The van der Waals surface area contributed by atoms with Gasteiger partial charge in [-0.1, -0.05) is 84.9 Å². The number of rotatable bonds is 6. The quantitative estimate of drug-likeness (QED) is 0.476. The fourth-order valence-corrected chi connectivity index (χ4v) is 3.50. The summed E-state index contributed by atoms with van der Waals surface area (Å²) in [6.07, 6.45) is 1.80. The molecule has 0 radical (unpaired) electrons. The van der Waals surface area contributed by atoms with Gasteiger partial charge in [0.2, 0.25) is 0 Å². The van der Waals surface area contributed by atoms with Crippen molar-refractivity contribution in [2.45, 2.75) is 12.0 Å². The van der Waals surface area contributed by atoms with Crippen LogP contribution in [0.4, 0.5) is 0 Å². The summed E-state index contributed by atoms with van der Waals surface area (Å²) < 4.78 is 0. The molecule has 7 nitrogen and oxygen atoms in total. The van der Waals surface area contributed by atoms with E-state index in [-0.39, 0.29) is 5.56 Å². The van der Waals surface area contributed by atoms with Crippen LogP contribution in [0.5, 0.6) is 0 Å². The standard InChI is InChI=1S/C24H20N4O3/c29-22(27-25-16-17-11-13-18(14-12-17)23(30)31)21-15-24(28-26-21,19-7-3-1-4-8-19)20-9-5-2-6-10-20/h1-14,16,28H,15H2,(H,27,29)(H,30,31)/p-1. The molecule has 154 valence electrons. The monoisotopic (exact) mass is 411 g/mol. The van der Waals surface area contributed by atoms with Gasteiger partial charge >= 0.3 is 0 Å². The van der Waals surface area contributed by atoms with Crippen molar-refractivity contribution in [2.75, 3.05) is 0 Å². The van der Waals surface area contributed by atoms with Gasteiger partial charge in [0.25, 0.3) is 5.91 Å². The van der Waals surface area contributed by atoms with Crippen molar-refractivity contribution in [3.8, 4) is 0 Å². The minimum absolute atomic E-state index is 0.0748. The van der Waals surface area contributed by atoms with Crippen LogP contribution in [0.3, 0.4) is 0 Å². The van der Waals surface area contributed by atoms with Crippen LogP contribution in [0.1, 0.15) is 33.5 Å². The van der Waals surface area contributed by atoms with E-state index in [1.165, 1.54) is 18.3 Å². The fraction of sp³-hybridized carbons (Fsp3) is 0.0833. The molecule has 0 atom stereocenters. The van der Waals surface area contributed by atoms with Gasteiger partial charge < -0.3 is 9.90 Å². The molecule has 31 heavy (non-hydrogen) atoms. The second-order valence-corrected chi connectivity index (χ2v) is 7.09. The van der Waals surface area contributed by atoms with Crippen LogP contribution in [-0.2, 0) is 10.3 Å². The van der Waals surface area contributed by atoms with Gasteiger partial charge in [-0.2, -0.15) is 10.2 Å². The third-order valence-corrected chi connectivity index (χ3v) is 5.14. The lowest BCUT2D eigenvalue weighted by Gasteiger charge is -2.30. The second kappa shape index (κ2) is 8.62. The lowest BCUT2D eigenvalue weighted by molar-refractivity contribution is -0.255. The summed E-state index contributed by atoms with van der Waals surface area (Å²) in [7, 11) is 0. The molecule has 1 heterocycles. The number of hydrogen-bond donors (Lipinski definition) is 2. The van der Waals surface area contributed by atoms with Crippen molar-refractivity contribution in [1.82, 2.24) is 10.9 Å². The molecule has 0 aromatic heterocycles. The first-order valence-corrected chi connectivity index (χ1v) is 9.68. The normalized spacial score (nSPS) is 14.6. The van der Waals surface area contributed by atoms with Gasteiger partial charge in [0, 0.05) is 6.42 Å². The number of carbonyl (C=O) groups is 2. The molecule has 1 aliphatic rings. The Balaban J connectivity index is 1.48. The maximum atomic E-state index is 12.6. The molecule has 7 heteroatoms. The molecule has 3 aromatic carbocycles. The van der Waals surface area contributed by atoms with Gasteiger partial charge in [0.1, 0.15) is 11.3 Å². The first-order valence-electron chi connectivity index (χ1n) is 9.68. The summed E-state index contributed by atoms with van der Waals surface area (Å²) in [5.41, 5.74) is 8.07. The number of hydrazone groups is 2. The summed E-state index contributed by atoms with van der Waals surface area (Å²) in [5.74, 6) is -1.66. The number of benzene rings is 3. The lowest BCUT2D eigenvalue weighted by atomic mass is 9.80. The van der Waals surface area contributed by atoms with Crippen molar-refractivity contribution >= 4 is 23.8 Å². The van der Waals surface area contributed by atoms with E-state index in [0.717, 1.165) is 11.1 Å². The van der Waals surface area contributed by atoms with Gasteiger partial charge in [-0.25, -0.2) is 5.43 Å². The average molecular weight is 411 g/mol. The van der Waals surface area contributed by atoms with Crippen molar-refractivity contribution < 1.29 is 14.7 Å². The first kappa shape index (κ1) is 20.0. The number of carboxylic acid groups (broad SMARTS) is 1. The highest BCUT2D eigenvalue weighted by Gasteiger charge is 2.41. The Morgan fingerprint density at radius 2 is 1.52 bits per heavy atom. The molecule has 1 aliphatic heterocycles.